The summed E-state index contributed by atoms with van der Waals surface area (Å²) >= 11 is 0. The van der Waals surface area contributed by atoms with Crippen LogP contribution in [0, 0.1) is 0 Å². The lowest BCUT2D eigenvalue weighted by Gasteiger charge is -2.11. The van der Waals surface area contributed by atoms with Gasteiger partial charge < -0.3 is 19.8 Å². The highest BCUT2D eigenvalue weighted by atomic mass is 16.5. The highest BCUT2D eigenvalue weighted by Gasteiger charge is 2.11. The Bertz CT molecular complexity index is 897. The van der Waals surface area contributed by atoms with Crippen LogP contribution in [0.3, 0.4) is 0 Å². The summed E-state index contributed by atoms with van der Waals surface area (Å²) in [6.07, 6.45) is 1.95. The topological polar surface area (TPSA) is 58.8 Å². The fourth-order valence-electron chi connectivity index (χ4n) is 3.24. The van der Waals surface area contributed by atoms with Gasteiger partial charge in [0.05, 0.1) is 13.2 Å². The summed E-state index contributed by atoms with van der Waals surface area (Å²) in [7, 11) is 1.78. The SMILES string of the molecule is CN=C(NCCc1ccc2c(c1)CCO2)NCc1cc2ccccc2o1. The highest BCUT2D eigenvalue weighted by molar-refractivity contribution is 5.80. The molecule has 1 aliphatic rings. The molecule has 0 saturated heterocycles. The molecular weight excluding hydrogens is 326 g/mol. The maximum atomic E-state index is 5.82. The number of hydrogen-bond acceptors (Lipinski definition) is 3. The van der Waals surface area contributed by atoms with Gasteiger partial charge in [-0.2, -0.15) is 0 Å². The van der Waals surface area contributed by atoms with Gasteiger partial charge in [-0.1, -0.05) is 30.3 Å². The average Bonchev–Trinajstić information content (AvgIpc) is 3.30. The number of rotatable bonds is 5. The van der Waals surface area contributed by atoms with Gasteiger partial charge in [-0.3, -0.25) is 4.99 Å². The smallest absolute Gasteiger partial charge is 0.191 e. The molecule has 0 aliphatic carbocycles. The van der Waals surface area contributed by atoms with Gasteiger partial charge in [-0.25, -0.2) is 0 Å². The second-order valence-corrected chi connectivity index (χ2v) is 6.39. The molecule has 3 aromatic rings. The van der Waals surface area contributed by atoms with Crippen molar-refractivity contribution in [3.8, 4) is 5.75 Å². The van der Waals surface area contributed by atoms with E-state index in [1.807, 2.05) is 18.2 Å². The lowest BCUT2D eigenvalue weighted by atomic mass is 10.1. The molecule has 26 heavy (non-hydrogen) atoms. The largest absolute Gasteiger partial charge is 0.493 e. The van der Waals surface area contributed by atoms with E-state index >= 15 is 0 Å². The third-order valence-electron chi connectivity index (χ3n) is 4.59. The summed E-state index contributed by atoms with van der Waals surface area (Å²) in [6, 6.07) is 16.5. The first-order chi connectivity index (χ1) is 12.8. The van der Waals surface area contributed by atoms with Crippen LogP contribution in [-0.4, -0.2) is 26.2 Å². The molecule has 1 aromatic heterocycles. The lowest BCUT2D eigenvalue weighted by molar-refractivity contribution is 0.357. The summed E-state index contributed by atoms with van der Waals surface area (Å²) < 4.78 is 11.4. The number of fused-ring (bicyclic) bond motifs is 2. The molecule has 0 radical (unpaired) electrons. The van der Waals surface area contributed by atoms with Crippen LogP contribution in [0.25, 0.3) is 11.0 Å². The molecule has 0 amide bonds. The maximum Gasteiger partial charge on any atom is 0.191 e. The third kappa shape index (κ3) is 3.67. The zero-order valence-corrected chi connectivity index (χ0v) is 14.9. The molecule has 0 bridgehead atoms. The Labute approximate surface area is 153 Å². The van der Waals surface area contributed by atoms with E-state index in [0.717, 1.165) is 54.4 Å². The van der Waals surface area contributed by atoms with Crippen molar-refractivity contribution >= 4 is 16.9 Å². The van der Waals surface area contributed by atoms with Gasteiger partial charge in [0, 0.05) is 25.4 Å². The summed E-state index contributed by atoms with van der Waals surface area (Å²) in [6.45, 7) is 2.22. The number of nitrogens with one attached hydrogen (secondary N) is 2. The summed E-state index contributed by atoms with van der Waals surface area (Å²) in [5.41, 5.74) is 3.54. The molecular formula is C21H23N3O2. The molecule has 134 valence electrons. The van der Waals surface area contributed by atoms with E-state index in [4.69, 9.17) is 9.15 Å². The molecule has 4 rings (SSSR count). The number of aliphatic imine (C=N–C) groups is 1. The van der Waals surface area contributed by atoms with Crippen molar-refractivity contribution in [3.05, 3.63) is 65.4 Å². The van der Waals surface area contributed by atoms with Crippen LogP contribution in [0.1, 0.15) is 16.9 Å². The van der Waals surface area contributed by atoms with Crippen molar-refractivity contribution in [1.29, 1.82) is 0 Å². The summed E-state index contributed by atoms with van der Waals surface area (Å²) in [5, 5.41) is 7.77. The molecule has 2 N–H and O–H groups in total. The molecule has 1 aliphatic heterocycles. The van der Waals surface area contributed by atoms with Crippen molar-refractivity contribution in [1.82, 2.24) is 10.6 Å². The Hall–Kier alpha value is -2.95. The summed E-state index contributed by atoms with van der Waals surface area (Å²) in [5.74, 6) is 2.70. The van der Waals surface area contributed by atoms with E-state index in [9.17, 15) is 0 Å². The van der Waals surface area contributed by atoms with E-state index in [0.29, 0.717) is 6.54 Å². The van der Waals surface area contributed by atoms with Crippen molar-refractivity contribution in [3.63, 3.8) is 0 Å². The van der Waals surface area contributed by atoms with Gasteiger partial charge in [0.1, 0.15) is 17.1 Å². The fraction of sp³-hybridized carbons (Fsp3) is 0.286. The number of hydrogen-bond donors (Lipinski definition) is 2. The van der Waals surface area contributed by atoms with E-state index in [1.165, 1.54) is 11.1 Å². The monoisotopic (exact) mass is 349 g/mol. The number of benzene rings is 2. The van der Waals surface area contributed by atoms with E-state index in [-0.39, 0.29) is 0 Å². The average molecular weight is 349 g/mol. The summed E-state index contributed by atoms with van der Waals surface area (Å²) in [4.78, 5) is 4.28. The van der Waals surface area contributed by atoms with Crippen LogP contribution in [0.4, 0.5) is 0 Å². The molecule has 0 saturated carbocycles. The van der Waals surface area contributed by atoms with Gasteiger partial charge in [0.15, 0.2) is 5.96 Å². The van der Waals surface area contributed by atoms with Gasteiger partial charge in [0.2, 0.25) is 0 Å². The number of furan rings is 1. The Morgan fingerprint density at radius 1 is 1.12 bits per heavy atom. The minimum atomic E-state index is 0.602. The van der Waals surface area contributed by atoms with Crippen molar-refractivity contribution in [2.75, 3.05) is 20.2 Å². The third-order valence-corrected chi connectivity index (χ3v) is 4.59. The Morgan fingerprint density at radius 2 is 2.04 bits per heavy atom. The number of ether oxygens (including phenoxy) is 1. The zero-order chi connectivity index (χ0) is 17.8. The molecule has 2 heterocycles. The number of guanidine groups is 1. The quantitative estimate of drug-likeness (QED) is 0.548. The number of nitrogens with zero attached hydrogens (tertiary/aromatic N) is 1. The van der Waals surface area contributed by atoms with Gasteiger partial charge in [-0.05, 0) is 35.7 Å². The molecule has 2 aromatic carbocycles. The van der Waals surface area contributed by atoms with Gasteiger partial charge in [-0.15, -0.1) is 0 Å². The lowest BCUT2D eigenvalue weighted by Crippen LogP contribution is -2.37. The Morgan fingerprint density at radius 3 is 2.92 bits per heavy atom. The predicted molar refractivity (Wildman–Crippen MR) is 104 cm³/mol. The van der Waals surface area contributed by atoms with Gasteiger partial charge >= 0.3 is 0 Å². The maximum absolute atomic E-state index is 5.82. The number of para-hydroxylation sites is 1. The van der Waals surface area contributed by atoms with Crippen LogP contribution < -0.4 is 15.4 Å². The highest BCUT2D eigenvalue weighted by Crippen LogP contribution is 2.25. The van der Waals surface area contributed by atoms with Crippen LogP contribution in [0.2, 0.25) is 0 Å². The van der Waals surface area contributed by atoms with Crippen molar-refractivity contribution in [2.24, 2.45) is 4.99 Å². The first kappa shape index (κ1) is 16.5. The fourth-order valence-corrected chi connectivity index (χ4v) is 3.24. The minimum Gasteiger partial charge on any atom is -0.493 e. The Balaban J connectivity index is 1.28. The van der Waals surface area contributed by atoms with Crippen LogP contribution >= 0.6 is 0 Å². The molecule has 0 unspecified atom stereocenters. The van der Waals surface area contributed by atoms with Gasteiger partial charge in [0.25, 0.3) is 0 Å². The Kier molecular flexibility index (Phi) is 4.78. The van der Waals surface area contributed by atoms with Crippen LogP contribution in [0.5, 0.6) is 5.75 Å². The zero-order valence-electron chi connectivity index (χ0n) is 14.9. The van der Waals surface area contributed by atoms with Crippen molar-refractivity contribution in [2.45, 2.75) is 19.4 Å². The standard InChI is InChI=1S/C21H23N3O2/c1-22-21(24-14-18-13-16-4-2-3-5-20(16)26-18)23-10-8-15-6-7-19-17(12-15)9-11-25-19/h2-7,12-13H,8-11,14H2,1H3,(H2,22,23,24). The first-order valence-electron chi connectivity index (χ1n) is 8.98. The van der Waals surface area contributed by atoms with Crippen LogP contribution in [-0.2, 0) is 19.4 Å². The van der Waals surface area contributed by atoms with E-state index in [1.54, 1.807) is 7.05 Å². The second-order valence-electron chi connectivity index (χ2n) is 6.39. The molecule has 0 atom stereocenters. The molecule has 0 fully saturated rings. The first-order valence-corrected chi connectivity index (χ1v) is 8.98. The van der Waals surface area contributed by atoms with Crippen molar-refractivity contribution < 1.29 is 9.15 Å². The molecule has 0 spiro atoms. The second kappa shape index (κ2) is 7.52. The molecule has 5 heteroatoms. The van der Waals surface area contributed by atoms with E-state index in [2.05, 4.69) is 46.0 Å². The minimum absolute atomic E-state index is 0.602. The normalized spacial score (nSPS) is 13.5. The van der Waals surface area contributed by atoms with Crippen LogP contribution in [0.15, 0.2) is 57.9 Å². The molecule has 5 nitrogen and oxygen atoms in total. The predicted octanol–water partition coefficient (Wildman–Crippen LogP) is 3.28. The van der Waals surface area contributed by atoms with E-state index < -0.39 is 0 Å².